The van der Waals surface area contributed by atoms with E-state index in [9.17, 15) is 0 Å². The second-order valence-electron chi connectivity index (χ2n) is 3.93. The molecule has 0 unspecified atom stereocenters. The first-order chi connectivity index (χ1) is 8.35. The summed E-state index contributed by atoms with van der Waals surface area (Å²) < 4.78 is 11.0. The quantitative estimate of drug-likeness (QED) is 0.301. The van der Waals surface area contributed by atoms with E-state index in [0.29, 0.717) is 0 Å². The zero-order valence-corrected chi connectivity index (χ0v) is 11.7. The molecule has 0 atom stereocenters. The molecular formula is C15H28O2. The molecule has 0 bridgehead atoms. The SMILES string of the molecule is CC=CC=CCCCCCC(OCC)OCC. The molecular weight excluding hydrogens is 212 g/mol. The fraction of sp³-hybridized carbons (Fsp3) is 0.733. The Balaban J connectivity index is 3.41. The van der Waals surface area contributed by atoms with Gasteiger partial charge in [-0.2, -0.15) is 0 Å². The largest absolute Gasteiger partial charge is 0.353 e. The van der Waals surface area contributed by atoms with E-state index in [1.807, 2.05) is 26.8 Å². The molecule has 100 valence electrons. The number of unbranched alkanes of at least 4 members (excludes halogenated alkanes) is 3. The summed E-state index contributed by atoms with van der Waals surface area (Å²) in [5.74, 6) is 0. The lowest BCUT2D eigenvalue weighted by Crippen LogP contribution is -2.17. The Labute approximate surface area is 107 Å². The molecule has 0 aromatic rings. The Morgan fingerprint density at radius 1 is 0.941 bits per heavy atom. The number of hydrogen-bond acceptors (Lipinski definition) is 2. The predicted octanol–water partition coefficient (Wildman–Crippen LogP) is 4.47. The van der Waals surface area contributed by atoms with Crippen LogP contribution in [0, 0.1) is 0 Å². The summed E-state index contributed by atoms with van der Waals surface area (Å²) in [4.78, 5) is 0. The van der Waals surface area contributed by atoms with Gasteiger partial charge in [-0.15, -0.1) is 0 Å². The maximum Gasteiger partial charge on any atom is 0.157 e. The molecule has 0 rings (SSSR count). The molecule has 0 saturated heterocycles. The van der Waals surface area contributed by atoms with Crippen LogP contribution in [0.4, 0.5) is 0 Å². The van der Waals surface area contributed by atoms with Crippen LogP contribution < -0.4 is 0 Å². The third kappa shape index (κ3) is 11.7. The van der Waals surface area contributed by atoms with Crippen LogP contribution in [0.3, 0.4) is 0 Å². The maximum atomic E-state index is 5.50. The molecule has 0 fully saturated rings. The van der Waals surface area contributed by atoms with Crippen LogP contribution in [0.5, 0.6) is 0 Å². The van der Waals surface area contributed by atoms with Gasteiger partial charge >= 0.3 is 0 Å². The average molecular weight is 240 g/mol. The highest BCUT2D eigenvalue weighted by molar-refractivity contribution is 5.00. The van der Waals surface area contributed by atoms with Crippen LogP contribution >= 0.6 is 0 Å². The maximum absolute atomic E-state index is 5.50. The molecule has 0 aromatic heterocycles. The van der Waals surface area contributed by atoms with Gasteiger partial charge in [0.15, 0.2) is 6.29 Å². The number of allylic oxidation sites excluding steroid dienone is 4. The lowest BCUT2D eigenvalue weighted by molar-refractivity contribution is -0.140. The van der Waals surface area contributed by atoms with E-state index in [0.717, 1.165) is 26.1 Å². The summed E-state index contributed by atoms with van der Waals surface area (Å²) in [5, 5.41) is 0. The van der Waals surface area contributed by atoms with Gasteiger partial charge in [-0.1, -0.05) is 30.7 Å². The van der Waals surface area contributed by atoms with Gasteiger partial charge in [0.1, 0.15) is 0 Å². The molecule has 0 heterocycles. The predicted molar refractivity (Wildman–Crippen MR) is 74.1 cm³/mol. The summed E-state index contributed by atoms with van der Waals surface area (Å²) in [5.41, 5.74) is 0. The molecule has 17 heavy (non-hydrogen) atoms. The summed E-state index contributed by atoms with van der Waals surface area (Å²) >= 11 is 0. The van der Waals surface area contributed by atoms with Crippen LogP contribution in [0.1, 0.15) is 52.9 Å². The second-order valence-corrected chi connectivity index (χ2v) is 3.93. The van der Waals surface area contributed by atoms with Gasteiger partial charge in [-0.25, -0.2) is 0 Å². The van der Waals surface area contributed by atoms with Crippen molar-refractivity contribution < 1.29 is 9.47 Å². The van der Waals surface area contributed by atoms with Gasteiger partial charge in [0.05, 0.1) is 0 Å². The summed E-state index contributed by atoms with van der Waals surface area (Å²) in [6.07, 6.45) is 14.3. The number of ether oxygens (including phenoxy) is 2. The van der Waals surface area contributed by atoms with Gasteiger partial charge < -0.3 is 9.47 Å². The highest BCUT2D eigenvalue weighted by atomic mass is 16.7. The number of rotatable bonds is 11. The van der Waals surface area contributed by atoms with Gasteiger partial charge in [0, 0.05) is 13.2 Å². The molecule has 0 aliphatic heterocycles. The summed E-state index contributed by atoms with van der Waals surface area (Å²) in [6.45, 7) is 7.52. The Bertz CT molecular complexity index is 191. The lowest BCUT2D eigenvalue weighted by atomic mass is 10.1. The normalized spacial score (nSPS) is 12.2. The van der Waals surface area contributed by atoms with Crippen molar-refractivity contribution in [3.05, 3.63) is 24.3 Å². The third-order valence-electron chi connectivity index (χ3n) is 2.46. The van der Waals surface area contributed by atoms with Crippen LogP contribution in [-0.4, -0.2) is 19.5 Å². The van der Waals surface area contributed by atoms with Crippen LogP contribution in [0.15, 0.2) is 24.3 Å². The Morgan fingerprint density at radius 2 is 1.65 bits per heavy atom. The highest BCUT2D eigenvalue weighted by Gasteiger charge is 2.06. The minimum atomic E-state index is 0.00330. The fourth-order valence-corrected chi connectivity index (χ4v) is 1.62. The van der Waals surface area contributed by atoms with Gasteiger partial charge in [-0.3, -0.25) is 0 Å². The average Bonchev–Trinajstić information content (AvgIpc) is 2.33. The molecule has 0 aliphatic carbocycles. The molecule has 0 N–H and O–H groups in total. The topological polar surface area (TPSA) is 18.5 Å². The standard InChI is InChI=1S/C15H28O2/c1-4-7-8-9-10-11-12-13-14-15(16-5-2)17-6-3/h4,7-9,15H,5-6,10-14H2,1-3H3. The molecule has 0 spiro atoms. The van der Waals surface area contributed by atoms with Gasteiger partial charge in [0.2, 0.25) is 0 Å². The van der Waals surface area contributed by atoms with E-state index >= 15 is 0 Å². The molecule has 0 saturated carbocycles. The summed E-state index contributed by atoms with van der Waals surface area (Å²) in [6, 6.07) is 0. The monoisotopic (exact) mass is 240 g/mol. The first-order valence-electron chi connectivity index (χ1n) is 6.86. The fourth-order valence-electron chi connectivity index (χ4n) is 1.62. The Hall–Kier alpha value is -0.600. The Morgan fingerprint density at radius 3 is 2.24 bits per heavy atom. The van der Waals surface area contributed by atoms with Crippen molar-refractivity contribution in [3.63, 3.8) is 0 Å². The first kappa shape index (κ1) is 16.4. The zero-order chi connectivity index (χ0) is 12.8. The van der Waals surface area contributed by atoms with Crippen LogP contribution in [0.25, 0.3) is 0 Å². The van der Waals surface area contributed by atoms with Crippen molar-refractivity contribution in [3.8, 4) is 0 Å². The van der Waals surface area contributed by atoms with Crippen molar-refractivity contribution in [2.75, 3.05) is 13.2 Å². The molecule has 0 aromatic carbocycles. The molecule has 2 nitrogen and oxygen atoms in total. The van der Waals surface area contributed by atoms with E-state index in [4.69, 9.17) is 9.47 Å². The summed E-state index contributed by atoms with van der Waals surface area (Å²) in [7, 11) is 0. The molecule has 0 radical (unpaired) electrons. The highest BCUT2D eigenvalue weighted by Crippen LogP contribution is 2.10. The second kappa shape index (κ2) is 13.5. The minimum absolute atomic E-state index is 0.00330. The minimum Gasteiger partial charge on any atom is -0.353 e. The van der Waals surface area contributed by atoms with E-state index < -0.39 is 0 Å². The van der Waals surface area contributed by atoms with Crippen LogP contribution in [-0.2, 0) is 9.47 Å². The van der Waals surface area contributed by atoms with E-state index in [2.05, 4.69) is 18.2 Å². The van der Waals surface area contributed by atoms with Crippen molar-refractivity contribution >= 4 is 0 Å². The van der Waals surface area contributed by atoms with Gasteiger partial charge in [0.25, 0.3) is 0 Å². The van der Waals surface area contributed by atoms with Gasteiger partial charge in [-0.05, 0) is 46.5 Å². The van der Waals surface area contributed by atoms with E-state index in [-0.39, 0.29) is 6.29 Å². The number of hydrogen-bond donors (Lipinski definition) is 0. The third-order valence-corrected chi connectivity index (χ3v) is 2.46. The van der Waals surface area contributed by atoms with Crippen molar-refractivity contribution in [1.29, 1.82) is 0 Å². The molecule has 0 amide bonds. The van der Waals surface area contributed by atoms with Crippen molar-refractivity contribution in [2.24, 2.45) is 0 Å². The zero-order valence-electron chi connectivity index (χ0n) is 11.7. The molecule has 0 aliphatic rings. The lowest BCUT2D eigenvalue weighted by Gasteiger charge is -2.16. The van der Waals surface area contributed by atoms with Crippen molar-refractivity contribution in [2.45, 2.75) is 59.2 Å². The molecule has 2 heteroatoms. The smallest absolute Gasteiger partial charge is 0.157 e. The first-order valence-corrected chi connectivity index (χ1v) is 6.86. The Kier molecular flexibility index (Phi) is 13.0. The van der Waals surface area contributed by atoms with E-state index in [1.54, 1.807) is 0 Å². The van der Waals surface area contributed by atoms with E-state index in [1.165, 1.54) is 19.3 Å². The van der Waals surface area contributed by atoms with Crippen LogP contribution in [0.2, 0.25) is 0 Å². The van der Waals surface area contributed by atoms with Crippen molar-refractivity contribution in [1.82, 2.24) is 0 Å².